The Morgan fingerprint density at radius 2 is 2.08 bits per heavy atom. The van der Waals surface area contributed by atoms with E-state index in [-0.39, 0.29) is 0 Å². The Hall–Kier alpha value is -0.0800. The van der Waals surface area contributed by atoms with E-state index in [1.54, 1.807) is 0 Å². The summed E-state index contributed by atoms with van der Waals surface area (Å²) in [6.45, 7) is 6.11. The van der Waals surface area contributed by atoms with Gasteiger partial charge in [-0.05, 0) is 38.8 Å². The lowest BCUT2D eigenvalue weighted by molar-refractivity contribution is 0.199. The minimum Gasteiger partial charge on any atom is -0.315 e. The molecule has 0 spiro atoms. The highest BCUT2D eigenvalue weighted by molar-refractivity contribution is 4.91. The SMILES string of the molecule is CCCCN1[C@H]2CCNC[C@@H]1CC2. The molecule has 0 aliphatic carbocycles. The Balaban J connectivity index is 1.91. The van der Waals surface area contributed by atoms with Crippen LogP contribution < -0.4 is 5.32 Å². The van der Waals surface area contributed by atoms with Crippen LogP contribution in [0.15, 0.2) is 0 Å². The number of unbranched alkanes of at least 4 members (excludes halogenated alkanes) is 1. The fourth-order valence-electron chi connectivity index (χ4n) is 2.79. The van der Waals surface area contributed by atoms with Crippen molar-refractivity contribution in [3.05, 3.63) is 0 Å². The summed E-state index contributed by atoms with van der Waals surface area (Å²) < 4.78 is 0. The van der Waals surface area contributed by atoms with Crippen molar-refractivity contribution < 1.29 is 0 Å². The van der Waals surface area contributed by atoms with E-state index in [4.69, 9.17) is 0 Å². The first-order valence-electron chi connectivity index (χ1n) is 5.88. The summed E-state index contributed by atoms with van der Waals surface area (Å²) in [7, 11) is 0. The number of nitrogens with zero attached hydrogens (tertiary/aromatic N) is 1. The van der Waals surface area contributed by atoms with Crippen LogP contribution in [0, 0.1) is 0 Å². The molecule has 0 aromatic heterocycles. The van der Waals surface area contributed by atoms with E-state index in [1.165, 1.54) is 51.7 Å². The maximum absolute atomic E-state index is 3.54. The Labute approximate surface area is 81.7 Å². The molecule has 0 unspecified atom stereocenters. The summed E-state index contributed by atoms with van der Waals surface area (Å²) in [4.78, 5) is 2.77. The zero-order valence-corrected chi connectivity index (χ0v) is 8.76. The molecule has 2 nitrogen and oxygen atoms in total. The molecule has 0 saturated carbocycles. The second-order valence-corrected chi connectivity index (χ2v) is 4.47. The topological polar surface area (TPSA) is 15.3 Å². The predicted octanol–water partition coefficient (Wildman–Crippen LogP) is 1.61. The zero-order chi connectivity index (χ0) is 9.10. The van der Waals surface area contributed by atoms with Crippen LogP contribution >= 0.6 is 0 Å². The molecule has 2 aliphatic rings. The van der Waals surface area contributed by atoms with Crippen molar-refractivity contribution >= 4 is 0 Å². The smallest absolute Gasteiger partial charge is 0.0224 e. The quantitative estimate of drug-likeness (QED) is 0.713. The molecule has 2 atom stereocenters. The van der Waals surface area contributed by atoms with Crippen LogP contribution in [-0.2, 0) is 0 Å². The van der Waals surface area contributed by atoms with Gasteiger partial charge in [0.1, 0.15) is 0 Å². The first-order chi connectivity index (χ1) is 6.42. The van der Waals surface area contributed by atoms with E-state index < -0.39 is 0 Å². The van der Waals surface area contributed by atoms with E-state index in [1.807, 2.05) is 0 Å². The van der Waals surface area contributed by atoms with E-state index in [0.29, 0.717) is 0 Å². The summed E-state index contributed by atoms with van der Waals surface area (Å²) in [6.07, 6.45) is 6.98. The highest BCUT2D eigenvalue weighted by Crippen LogP contribution is 2.27. The molecule has 2 saturated heterocycles. The van der Waals surface area contributed by atoms with Crippen LogP contribution in [0.5, 0.6) is 0 Å². The summed E-state index contributed by atoms with van der Waals surface area (Å²) in [5.74, 6) is 0. The Morgan fingerprint density at radius 1 is 1.23 bits per heavy atom. The highest BCUT2D eigenvalue weighted by atomic mass is 15.2. The number of rotatable bonds is 3. The minimum absolute atomic E-state index is 0.860. The van der Waals surface area contributed by atoms with Gasteiger partial charge in [-0.3, -0.25) is 4.90 Å². The van der Waals surface area contributed by atoms with Gasteiger partial charge in [0, 0.05) is 18.6 Å². The third-order valence-corrected chi connectivity index (χ3v) is 3.58. The molecule has 2 heteroatoms. The summed E-state index contributed by atoms with van der Waals surface area (Å²) in [6, 6.07) is 1.77. The molecule has 1 N–H and O–H groups in total. The Bertz CT molecular complexity index is 144. The van der Waals surface area contributed by atoms with Gasteiger partial charge in [0.05, 0.1) is 0 Å². The van der Waals surface area contributed by atoms with Gasteiger partial charge in [0.2, 0.25) is 0 Å². The summed E-state index contributed by atoms with van der Waals surface area (Å²) in [5, 5.41) is 3.54. The third kappa shape index (κ3) is 2.05. The van der Waals surface area contributed by atoms with Crippen LogP contribution in [0.3, 0.4) is 0 Å². The van der Waals surface area contributed by atoms with Crippen molar-refractivity contribution in [1.29, 1.82) is 0 Å². The van der Waals surface area contributed by atoms with E-state index in [9.17, 15) is 0 Å². The third-order valence-electron chi connectivity index (χ3n) is 3.58. The number of nitrogens with one attached hydrogen (secondary N) is 1. The maximum Gasteiger partial charge on any atom is 0.0224 e. The molecular weight excluding hydrogens is 160 g/mol. The van der Waals surface area contributed by atoms with E-state index in [0.717, 1.165) is 12.1 Å². The van der Waals surface area contributed by atoms with E-state index in [2.05, 4.69) is 17.1 Å². The monoisotopic (exact) mass is 182 g/mol. The van der Waals surface area contributed by atoms with Gasteiger partial charge in [-0.2, -0.15) is 0 Å². The molecule has 2 rings (SSSR count). The van der Waals surface area contributed by atoms with Crippen molar-refractivity contribution in [1.82, 2.24) is 10.2 Å². The van der Waals surface area contributed by atoms with Gasteiger partial charge < -0.3 is 5.32 Å². The fourth-order valence-corrected chi connectivity index (χ4v) is 2.79. The van der Waals surface area contributed by atoms with Crippen molar-refractivity contribution in [2.75, 3.05) is 19.6 Å². The molecular formula is C11H22N2. The lowest BCUT2D eigenvalue weighted by atomic mass is 10.1. The van der Waals surface area contributed by atoms with Gasteiger partial charge in [0.15, 0.2) is 0 Å². The van der Waals surface area contributed by atoms with Crippen molar-refractivity contribution in [3.63, 3.8) is 0 Å². The molecule has 0 amide bonds. The minimum atomic E-state index is 0.860. The van der Waals surface area contributed by atoms with Gasteiger partial charge in [-0.15, -0.1) is 0 Å². The molecule has 0 aromatic carbocycles. The highest BCUT2D eigenvalue weighted by Gasteiger charge is 2.33. The van der Waals surface area contributed by atoms with Crippen LogP contribution in [-0.4, -0.2) is 36.6 Å². The lowest BCUT2D eigenvalue weighted by Gasteiger charge is -2.27. The standard InChI is InChI=1S/C11H22N2/c1-2-3-8-13-10-4-5-11(13)9-12-7-6-10/h10-12H,2-9H2,1H3/t10-,11+/m1/s1. The Kier molecular flexibility index (Phi) is 3.23. The number of hydrogen-bond donors (Lipinski definition) is 1. The molecule has 0 aromatic rings. The first kappa shape index (κ1) is 9.47. The van der Waals surface area contributed by atoms with E-state index >= 15 is 0 Å². The Morgan fingerprint density at radius 3 is 2.92 bits per heavy atom. The second kappa shape index (κ2) is 4.43. The molecule has 2 aliphatic heterocycles. The normalized spacial score (nSPS) is 34.8. The number of fused-ring (bicyclic) bond motifs is 2. The van der Waals surface area contributed by atoms with Crippen molar-refractivity contribution in [2.45, 2.75) is 51.1 Å². The van der Waals surface area contributed by atoms with Crippen LogP contribution in [0.4, 0.5) is 0 Å². The van der Waals surface area contributed by atoms with Crippen molar-refractivity contribution in [2.24, 2.45) is 0 Å². The molecule has 0 radical (unpaired) electrons. The summed E-state index contributed by atoms with van der Waals surface area (Å²) >= 11 is 0. The number of hydrogen-bond acceptors (Lipinski definition) is 2. The summed E-state index contributed by atoms with van der Waals surface area (Å²) in [5.41, 5.74) is 0. The molecule has 2 heterocycles. The maximum atomic E-state index is 3.54. The average Bonchev–Trinajstić information content (AvgIpc) is 2.36. The lowest BCUT2D eigenvalue weighted by Crippen LogP contribution is -2.38. The van der Waals surface area contributed by atoms with Crippen LogP contribution in [0.1, 0.15) is 39.0 Å². The van der Waals surface area contributed by atoms with Gasteiger partial charge in [-0.1, -0.05) is 13.3 Å². The molecule has 76 valence electrons. The van der Waals surface area contributed by atoms with Gasteiger partial charge in [0.25, 0.3) is 0 Å². The fraction of sp³-hybridized carbons (Fsp3) is 1.00. The molecule has 13 heavy (non-hydrogen) atoms. The van der Waals surface area contributed by atoms with Gasteiger partial charge >= 0.3 is 0 Å². The second-order valence-electron chi connectivity index (χ2n) is 4.47. The van der Waals surface area contributed by atoms with Crippen LogP contribution in [0.25, 0.3) is 0 Å². The zero-order valence-electron chi connectivity index (χ0n) is 8.76. The molecule has 2 bridgehead atoms. The van der Waals surface area contributed by atoms with Gasteiger partial charge in [-0.25, -0.2) is 0 Å². The van der Waals surface area contributed by atoms with Crippen LogP contribution in [0.2, 0.25) is 0 Å². The first-order valence-corrected chi connectivity index (χ1v) is 5.88. The largest absolute Gasteiger partial charge is 0.315 e. The average molecular weight is 182 g/mol. The predicted molar refractivity (Wildman–Crippen MR) is 55.9 cm³/mol. The molecule has 2 fully saturated rings. The van der Waals surface area contributed by atoms with Crippen molar-refractivity contribution in [3.8, 4) is 0 Å².